The van der Waals surface area contributed by atoms with E-state index in [1.54, 1.807) is 6.07 Å². The number of carbonyl (C=O) groups excluding carboxylic acids is 1. The highest BCUT2D eigenvalue weighted by molar-refractivity contribution is 7.90. The molecule has 0 bridgehead atoms. The predicted molar refractivity (Wildman–Crippen MR) is 109 cm³/mol. The number of hydrogen-bond donors (Lipinski definition) is 0. The highest BCUT2D eigenvalue weighted by Gasteiger charge is 2.34. The molecule has 0 aliphatic heterocycles. The number of ketones is 1. The number of nitriles is 1. The average molecular weight is 414 g/mol. The molecule has 6 heteroatoms. The largest absolute Gasteiger partial charge is 0.294 e. The van der Waals surface area contributed by atoms with Crippen molar-refractivity contribution in [1.29, 1.82) is 5.26 Å². The van der Waals surface area contributed by atoms with E-state index < -0.39 is 15.7 Å². The number of Topliss-reactive ketones (excluding diaryl/α,β-unsaturated/α-hetero) is 1. The molecular weight excluding hydrogens is 389 g/mol. The average Bonchev–Trinajstić information content (AvgIpc) is 3.08. The third-order valence-electron chi connectivity index (χ3n) is 5.60. The Morgan fingerprint density at radius 1 is 1.14 bits per heavy atom. The van der Waals surface area contributed by atoms with E-state index in [9.17, 15) is 22.9 Å². The second kappa shape index (κ2) is 8.08. The smallest absolute Gasteiger partial charge is 0.176 e. The molecular formula is C23H24FNO3S. The molecule has 2 aliphatic rings. The highest BCUT2D eigenvalue weighted by Crippen LogP contribution is 2.43. The Bertz CT molecular complexity index is 1130. The molecule has 1 unspecified atom stereocenters. The van der Waals surface area contributed by atoms with Crippen molar-refractivity contribution in [2.75, 3.05) is 6.26 Å². The van der Waals surface area contributed by atoms with E-state index in [0.29, 0.717) is 30.4 Å². The Hall–Kier alpha value is -2.52. The van der Waals surface area contributed by atoms with Crippen molar-refractivity contribution in [3.05, 3.63) is 63.5 Å². The molecule has 29 heavy (non-hydrogen) atoms. The van der Waals surface area contributed by atoms with Gasteiger partial charge in [-0.15, -0.1) is 0 Å². The summed E-state index contributed by atoms with van der Waals surface area (Å²) in [5.74, 6) is -0.695. The zero-order chi connectivity index (χ0) is 21.3. The predicted octanol–water partition coefficient (Wildman–Crippen LogP) is 4.72. The van der Waals surface area contributed by atoms with Gasteiger partial charge in [-0.2, -0.15) is 5.26 Å². The molecule has 0 heterocycles. The maximum Gasteiger partial charge on any atom is 0.176 e. The first-order chi connectivity index (χ1) is 13.8. The van der Waals surface area contributed by atoms with Gasteiger partial charge in [0.2, 0.25) is 0 Å². The normalized spacial score (nSPS) is 17.6. The lowest BCUT2D eigenvalue weighted by atomic mass is 9.75. The molecule has 0 spiro atoms. The fraction of sp³-hybridized carbons (Fsp3) is 0.391. The van der Waals surface area contributed by atoms with Crippen LogP contribution in [-0.2, 0) is 22.7 Å². The lowest BCUT2D eigenvalue weighted by molar-refractivity contribution is 0.0992. The van der Waals surface area contributed by atoms with E-state index in [1.807, 2.05) is 13.8 Å². The number of nitrogens with zero attached hydrogens (tertiary/aromatic N) is 1. The summed E-state index contributed by atoms with van der Waals surface area (Å²) in [6.07, 6.45) is 4.25. The molecule has 152 valence electrons. The van der Waals surface area contributed by atoms with Gasteiger partial charge < -0.3 is 0 Å². The number of sulfone groups is 1. The van der Waals surface area contributed by atoms with Crippen LogP contribution in [0.2, 0.25) is 0 Å². The fourth-order valence-electron chi connectivity index (χ4n) is 4.55. The maximum atomic E-state index is 13.9. The van der Waals surface area contributed by atoms with Crippen molar-refractivity contribution in [2.24, 2.45) is 0 Å². The number of rotatable bonds is 2. The molecule has 0 saturated heterocycles. The lowest BCUT2D eigenvalue weighted by Crippen LogP contribution is -2.16. The van der Waals surface area contributed by atoms with Gasteiger partial charge in [0.1, 0.15) is 5.82 Å². The molecule has 4 nitrogen and oxygen atoms in total. The number of benzene rings is 2. The van der Waals surface area contributed by atoms with Crippen LogP contribution in [0.4, 0.5) is 4.39 Å². The monoisotopic (exact) mass is 413 g/mol. The minimum Gasteiger partial charge on any atom is -0.294 e. The number of hydrogen-bond acceptors (Lipinski definition) is 4. The standard InChI is InChI=1S/C21H18FNO3S.C2H6/c1-27(25,26)19-8-6-15(17-5-7-18(24)21(17)19)16-4-2-3-12-9-14(22)10-13(11-23)20(12)16;1-2/h6,8-10,16H,2-5,7H2,1H3;1-2H3. The van der Waals surface area contributed by atoms with Crippen LogP contribution < -0.4 is 0 Å². The molecule has 1 atom stereocenters. The number of fused-ring (bicyclic) bond motifs is 2. The quantitative estimate of drug-likeness (QED) is 0.714. The van der Waals surface area contributed by atoms with Crippen molar-refractivity contribution in [3.63, 3.8) is 0 Å². The van der Waals surface area contributed by atoms with Crippen LogP contribution in [-0.4, -0.2) is 20.5 Å². The summed E-state index contributed by atoms with van der Waals surface area (Å²) in [6.45, 7) is 4.00. The van der Waals surface area contributed by atoms with E-state index in [0.717, 1.165) is 41.4 Å². The van der Waals surface area contributed by atoms with Crippen LogP contribution in [0.5, 0.6) is 0 Å². The first-order valence-corrected chi connectivity index (χ1v) is 11.8. The molecule has 2 aromatic rings. The van der Waals surface area contributed by atoms with Gasteiger partial charge in [0, 0.05) is 24.2 Å². The molecule has 0 amide bonds. The van der Waals surface area contributed by atoms with Gasteiger partial charge in [0.25, 0.3) is 0 Å². The van der Waals surface area contributed by atoms with Crippen molar-refractivity contribution >= 4 is 15.6 Å². The van der Waals surface area contributed by atoms with Crippen molar-refractivity contribution in [3.8, 4) is 6.07 Å². The highest BCUT2D eigenvalue weighted by atomic mass is 32.2. The van der Waals surface area contributed by atoms with Crippen LogP contribution in [0.25, 0.3) is 0 Å². The number of halogens is 1. The molecule has 0 aromatic heterocycles. The summed E-state index contributed by atoms with van der Waals surface area (Å²) >= 11 is 0. The summed E-state index contributed by atoms with van der Waals surface area (Å²) < 4.78 is 38.1. The topological polar surface area (TPSA) is 75.0 Å². The first kappa shape index (κ1) is 21.2. The zero-order valence-corrected chi connectivity index (χ0v) is 17.7. The zero-order valence-electron chi connectivity index (χ0n) is 16.9. The lowest BCUT2D eigenvalue weighted by Gasteiger charge is -2.29. The second-order valence-corrected chi connectivity index (χ2v) is 9.27. The summed E-state index contributed by atoms with van der Waals surface area (Å²) in [5, 5.41) is 9.52. The molecule has 2 aliphatic carbocycles. The van der Waals surface area contributed by atoms with Crippen LogP contribution in [0.1, 0.15) is 77.2 Å². The summed E-state index contributed by atoms with van der Waals surface area (Å²) in [5.41, 5.74) is 3.94. The van der Waals surface area contributed by atoms with Gasteiger partial charge in [-0.3, -0.25) is 4.79 Å². The molecule has 4 rings (SSSR count). The molecule has 2 aromatic carbocycles. The van der Waals surface area contributed by atoms with Gasteiger partial charge in [-0.25, -0.2) is 12.8 Å². The summed E-state index contributed by atoms with van der Waals surface area (Å²) in [7, 11) is -3.51. The van der Waals surface area contributed by atoms with Gasteiger partial charge >= 0.3 is 0 Å². The first-order valence-electron chi connectivity index (χ1n) is 9.92. The van der Waals surface area contributed by atoms with Gasteiger partial charge in [-0.1, -0.05) is 19.9 Å². The Labute approximate surface area is 171 Å². The molecule has 0 fully saturated rings. The van der Waals surface area contributed by atoms with Gasteiger partial charge in [0.15, 0.2) is 15.6 Å². The fourth-order valence-corrected chi connectivity index (χ4v) is 5.48. The van der Waals surface area contributed by atoms with Gasteiger partial charge in [0.05, 0.1) is 16.5 Å². The van der Waals surface area contributed by atoms with E-state index >= 15 is 0 Å². The molecule has 0 N–H and O–H groups in total. The second-order valence-electron chi connectivity index (χ2n) is 7.28. The Kier molecular flexibility index (Phi) is 5.90. The Morgan fingerprint density at radius 2 is 1.86 bits per heavy atom. The van der Waals surface area contributed by atoms with Crippen molar-refractivity contribution in [2.45, 2.75) is 56.8 Å². The van der Waals surface area contributed by atoms with Crippen molar-refractivity contribution < 1.29 is 17.6 Å². The van der Waals surface area contributed by atoms with Crippen molar-refractivity contribution in [1.82, 2.24) is 0 Å². The van der Waals surface area contributed by atoms with Crippen LogP contribution in [0, 0.1) is 17.1 Å². The number of aryl methyl sites for hydroxylation is 1. The van der Waals surface area contributed by atoms with E-state index in [4.69, 9.17) is 0 Å². The van der Waals surface area contributed by atoms with E-state index in [1.165, 1.54) is 18.2 Å². The van der Waals surface area contributed by atoms with Crippen LogP contribution in [0.3, 0.4) is 0 Å². The third-order valence-corrected chi connectivity index (χ3v) is 6.74. The van der Waals surface area contributed by atoms with Crippen LogP contribution in [0.15, 0.2) is 29.2 Å². The molecule has 0 radical (unpaired) electrons. The maximum absolute atomic E-state index is 13.9. The SMILES string of the molecule is CC.CS(=O)(=O)c1ccc(C2CCCc3cc(F)cc(C#N)c32)c2c1C(=O)CC2. The number of carbonyl (C=O) groups is 1. The third kappa shape index (κ3) is 3.72. The summed E-state index contributed by atoms with van der Waals surface area (Å²) in [4.78, 5) is 12.5. The van der Waals surface area contributed by atoms with Gasteiger partial charge in [-0.05, 0) is 66.1 Å². The Morgan fingerprint density at radius 3 is 2.52 bits per heavy atom. The van der Waals surface area contributed by atoms with Crippen LogP contribution >= 0.6 is 0 Å². The Balaban J connectivity index is 0.00000117. The minimum absolute atomic E-state index is 0.0828. The summed E-state index contributed by atoms with van der Waals surface area (Å²) in [6, 6.07) is 8.13. The minimum atomic E-state index is -3.51. The van der Waals surface area contributed by atoms with E-state index in [-0.39, 0.29) is 16.6 Å². The molecule has 0 saturated carbocycles. The van der Waals surface area contributed by atoms with E-state index in [2.05, 4.69) is 6.07 Å².